The van der Waals surface area contributed by atoms with Crippen molar-refractivity contribution in [2.75, 3.05) is 26.2 Å². The summed E-state index contributed by atoms with van der Waals surface area (Å²) in [5, 5.41) is 0. The fourth-order valence-corrected chi connectivity index (χ4v) is 3.21. The fraction of sp³-hybridized carbons (Fsp3) is 0.632. The van der Waals surface area contributed by atoms with E-state index in [-0.39, 0.29) is 30.4 Å². The maximum Gasteiger partial charge on any atom is 0.239 e. The second-order valence-electron chi connectivity index (χ2n) is 6.37. The first-order valence-corrected chi connectivity index (χ1v) is 8.86. The molecule has 1 aliphatic rings. The van der Waals surface area contributed by atoms with Crippen molar-refractivity contribution in [2.24, 2.45) is 0 Å². The van der Waals surface area contributed by atoms with Crippen molar-refractivity contribution in [2.45, 2.75) is 52.1 Å². The van der Waals surface area contributed by atoms with E-state index in [1.807, 2.05) is 49.1 Å². The predicted octanol–water partition coefficient (Wildman–Crippen LogP) is 3.60. The van der Waals surface area contributed by atoms with Gasteiger partial charge in [-0.05, 0) is 58.8 Å². The largest absolute Gasteiger partial charge is 0.491 e. The Hall–Kier alpha value is -1.26. The van der Waals surface area contributed by atoms with Gasteiger partial charge in [-0.25, -0.2) is 0 Å². The van der Waals surface area contributed by atoms with Crippen LogP contribution in [-0.4, -0.2) is 54.0 Å². The molecule has 1 saturated heterocycles. The predicted molar refractivity (Wildman–Crippen MR) is 101 cm³/mol. The Balaban J connectivity index is 0.00000288. The topological polar surface area (TPSA) is 32.8 Å². The van der Waals surface area contributed by atoms with Crippen molar-refractivity contribution in [3.05, 3.63) is 30.3 Å². The van der Waals surface area contributed by atoms with Gasteiger partial charge >= 0.3 is 0 Å². The summed E-state index contributed by atoms with van der Waals surface area (Å²) in [7, 11) is 0. The quantitative estimate of drug-likeness (QED) is 0.750. The van der Waals surface area contributed by atoms with Gasteiger partial charge in [0.25, 0.3) is 0 Å². The van der Waals surface area contributed by atoms with Gasteiger partial charge in [0, 0.05) is 6.54 Å². The summed E-state index contributed by atoms with van der Waals surface area (Å²) in [5.41, 5.74) is 0. The highest BCUT2D eigenvalue weighted by Gasteiger charge is 2.28. The van der Waals surface area contributed by atoms with Gasteiger partial charge in [0.1, 0.15) is 12.4 Å². The van der Waals surface area contributed by atoms with Crippen LogP contribution in [0.1, 0.15) is 40.0 Å². The average Bonchev–Trinajstić information content (AvgIpc) is 2.61. The molecule has 0 aromatic heterocycles. The lowest BCUT2D eigenvalue weighted by Gasteiger charge is -2.36. The zero-order valence-corrected chi connectivity index (χ0v) is 15.9. The summed E-state index contributed by atoms with van der Waals surface area (Å²) in [6.45, 7) is 9.47. The van der Waals surface area contributed by atoms with E-state index in [1.54, 1.807) is 0 Å². The van der Waals surface area contributed by atoms with Crippen molar-refractivity contribution >= 4 is 18.3 Å². The van der Waals surface area contributed by atoms with Crippen molar-refractivity contribution in [1.29, 1.82) is 0 Å². The molecule has 0 aliphatic carbocycles. The molecule has 136 valence electrons. The van der Waals surface area contributed by atoms with E-state index in [0.717, 1.165) is 25.4 Å². The number of ether oxygens (including phenoxy) is 1. The van der Waals surface area contributed by atoms with Crippen LogP contribution in [0.4, 0.5) is 0 Å². The van der Waals surface area contributed by atoms with Crippen molar-refractivity contribution < 1.29 is 9.53 Å². The zero-order chi connectivity index (χ0) is 16.7. The van der Waals surface area contributed by atoms with E-state index in [9.17, 15) is 4.79 Å². The molecular formula is C19H31ClN2O2. The van der Waals surface area contributed by atoms with E-state index in [1.165, 1.54) is 19.3 Å². The van der Waals surface area contributed by atoms with Crippen LogP contribution in [0.5, 0.6) is 5.75 Å². The molecule has 0 spiro atoms. The van der Waals surface area contributed by atoms with E-state index in [0.29, 0.717) is 6.61 Å². The third kappa shape index (κ3) is 5.67. The number of rotatable bonds is 7. The number of para-hydroxylation sites is 1. The van der Waals surface area contributed by atoms with Gasteiger partial charge in [-0.3, -0.25) is 9.69 Å². The molecule has 1 amide bonds. The van der Waals surface area contributed by atoms with E-state index in [2.05, 4.69) is 11.8 Å². The molecule has 1 fully saturated rings. The molecule has 1 aromatic carbocycles. The van der Waals surface area contributed by atoms with E-state index in [4.69, 9.17) is 4.74 Å². The summed E-state index contributed by atoms with van der Waals surface area (Å²) >= 11 is 0. The van der Waals surface area contributed by atoms with Crippen LogP contribution in [0.3, 0.4) is 0 Å². The Kier molecular flexibility index (Phi) is 9.16. The lowest BCUT2D eigenvalue weighted by atomic mass is 10.1. The Morgan fingerprint density at radius 2 is 1.79 bits per heavy atom. The molecule has 2 rings (SSSR count). The maximum atomic E-state index is 12.9. The smallest absolute Gasteiger partial charge is 0.239 e. The van der Waals surface area contributed by atoms with E-state index >= 15 is 0 Å². The molecule has 4 nitrogen and oxygen atoms in total. The molecule has 2 atom stereocenters. The number of benzene rings is 1. The van der Waals surface area contributed by atoms with Gasteiger partial charge in [-0.2, -0.15) is 0 Å². The molecule has 0 N–H and O–H groups in total. The molecule has 1 aliphatic heterocycles. The monoisotopic (exact) mass is 354 g/mol. The summed E-state index contributed by atoms with van der Waals surface area (Å²) in [4.78, 5) is 17.1. The highest BCUT2D eigenvalue weighted by atomic mass is 35.5. The molecule has 0 saturated carbocycles. The number of halogens is 1. The lowest BCUT2D eigenvalue weighted by Crippen LogP contribution is -2.52. The SMILES string of the molecule is CCN(C(=O)C(C)N1CCCCC1)C(C)COc1ccccc1.Cl. The van der Waals surface area contributed by atoms with Crippen LogP contribution in [-0.2, 0) is 4.79 Å². The number of carbonyl (C=O) groups excluding carboxylic acids is 1. The Labute approximate surface area is 152 Å². The highest BCUT2D eigenvalue weighted by molar-refractivity contribution is 5.85. The highest BCUT2D eigenvalue weighted by Crippen LogP contribution is 2.16. The third-order valence-corrected chi connectivity index (χ3v) is 4.69. The zero-order valence-electron chi connectivity index (χ0n) is 15.1. The number of likely N-dealkylation sites (N-methyl/N-ethyl adjacent to an activating group) is 1. The number of likely N-dealkylation sites (tertiary alicyclic amines) is 1. The first kappa shape index (κ1) is 20.8. The summed E-state index contributed by atoms with van der Waals surface area (Å²) in [5.74, 6) is 1.07. The first-order chi connectivity index (χ1) is 11.1. The van der Waals surface area contributed by atoms with Crippen LogP contribution in [0.15, 0.2) is 30.3 Å². The van der Waals surface area contributed by atoms with Gasteiger partial charge in [0.15, 0.2) is 0 Å². The minimum atomic E-state index is -0.0329. The molecule has 5 heteroatoms. The second-order valence-corrected chi connectivity index (χ2v) is 6.37. The van der Waals surface area contributed by atoms with Crippen molar-refractivity contribution in [1.82, 2.24) is 9.80 Å². The van der Waals surface area contributed by atoms with Crippen LogP contribution in [0, 0.1) is 0 Å². The molecule has 2 unspecified atom stereocenters. The molecule has 0 radical (unpaired) electrons. The van der Waals surface area contributed by atoms with Crippen LogP contribution in [0.25, 0.3) is 0 Å². The normalized spacial score (nSPS) is 17.5. The van der Waals surface area contributed by atoms with Crippen molar-refractivity contribution in [3.8, 4) is 5.75 Å². The summed E-state index contributed by atoms with van der Waals surface area (Å²) in [6, 6.07) is 9.82. The Morgan fingerprint density at radius 1 is 1.17 bits per heavy atom. The average molecular weight is 355 g/mol. The second kappa shape index (κ2) is 10.6. The number of nitrogens with zero attached hydrogens (tertiary/aromatic N) is 2. The number of hydrogen-bond donors (Lipinski definition) is 0. The van der Waals surface area contributed by atoms with Crippen LogP contribution in [0.2, 0.25) is 0 Å². The summed E-state index contributed by atoms with van der Waals surface area (Å²) in [6.07, 6.45) is 3.70. The minimum Gasteiger partial charge on any atom is -0.491 e. The Bertz CT molecular complexity index is 478. The number of piperidine rings is 1. The molecule has 24 heavy (non-hydrogen) atoms. The summed E-state index contributed by atoms with van der Waals surface area (Å²) < 4.78 is 5.82. The van der Waals surface area contributed by atoms with Crippen molar-refractivity contribution in [3.63, 3.8) is 0 Å². The van der Waals surface area contributed by atoms with Crippen LogP contribution >= 0.6 is 12.4 Å². The van der Waals surface area contributed by atoms with Gasteiger partial charge in [-0.1, -0.05) is 24.6 Å². The Morgan fingerprint density at radius 3 is 2.38 bits per heavy atom. The number of amides is 1. The standard InChI is InChI=1S/C19H30N2O2.ClH/c1-4-21(16(2)15-23-18-11-7-5-8-12-18)19(22)17(3)20-13-9-6-10-14-20;/h5,7-8,11-12,16-17H,4,6,9-10,13-15H2,1-3H3;1H. The van der Waals surface area contributed by atoms with E-state index < -0.39 is 0 Å². The van der Waals surface area contributed by atoms with Gasteiger partial charge in [-0.15, -0.1) is 12.4 Å². The fourth-order valence-electron chi connectivity index (χ4n) is 3.21. The lowest BCUT2D eigenvalue weighted by molar-refractivity contribution is -0.139. The molecule has 1 aromatic rings. The maximum absolute atomic E-state index is 12.9. The molecule has 1 heterocycles. The van der Waals surface area contributed by atoms with Gasteiger partial charge in [0.2, 0.25) is 5.91 Å². The third-order valence-electron chi connectivity index (χ3n) is 4.69. The van der Waals surface area contributed by atoms with Crippen LogP contribution < -0.4 is 4.74 Å². The molecular weight excluding hydrogens is 324 g/mol. The number of carbonyl (C=O) groups is 1. The van der Waals surface area contributed by atoms with Gasteiger partial charge in [0.05, 0.1) is 12.1 Å². The first-order valence-electron chi connectivity index (χ1n) is 8.86. The number of hydrogen-bond acceptors (Lipinski definition) is 3. The molecule has 0 bridgehead atoms. The minimum absolute atomic E-state index is 0. The van der Waals surface area contributed by atoms with Gasteiger partial charge < -0.3 is 9.64 Å².